The highest BCUT2D eigenvalue weighted by molar-refractivity contribution is 7.92. The molecule has 2 heterocycles. The van der Waals surface area contributed by atoms with Crippen LogP contribution in [0.4, 0.5) is 36.4 Å². The molecule has 10 nitrogen and oxygen atoms in total. The average molecular weight is 536 g/mol. The quantitative estimate of drug-likeness (QED) is 0.380. The van der Waals surface area contributed by atoms with Crippen molar-refractivity contribution in [1.29, 1.82) is 0 Å². The number of hydrogen-bond acceptors (Lipinski definition) is 8. The van der Waals surface area contributed by atoms with E-state index in [1.807, 2.05) is 0 Å². The molecular weight excluding hydrogens is 511 g/mol. The van der Waals surface area contributed by atoms with Crippen molar-refractivity contribution in [3.05, 3.63) is 65.5 Å². The van der Waals surface area contributed by atoms with Crippen molar-refractivity contribution >= 4 is 39.2 Å². The fourth-order valence-electron chi connectivity index (χ4n) is 3.34. The number of amides is 1. The summed E-state index contributed by atoms with van der Waals surface area (Å²) in [6.45, 7) is -0.195. The van der Waals surface area contributed by atoms with Gasteiger partial charge in [0.2, 0.25) is 16.0 Å². The molecule has 196 valence electrons. The van der Waals surface area contributed by atoms with E-state index in [0.717, 1.165) is 23.4 Å². The molecule has 0 saturated heterocycles. The molecule has 3 N–H and O–H groups in total. The zero-order valence-electron chi connectivity index (χ0n) is 19.9. The zero-order valence-corrected chi connectivity index (χ0v) is 20.7. The van der Waals surface area contributed by atoms with E-state index in [4.69, 9.17) is 0 Å². The van der Waals surface area contributed by atoms with E-state index in [1.54, 1.807) is 36.4 Å². The van der Waals surface area contributed by atoms with Gasteiger partial charge in [-0.2, -0.15) is 18.2 Å². The Bertz CT molecular complexity index is 1410. The third-order valence-electron chi connectivity index (χ3n) is 5.50. The van der Waals surface area contributed by atoms with Gasteiger partial charge in [-0.25, -0.2) is 18.4 Å². The lowest BCUT2D eigenvalue weighted by molar-refractivity contribution is -0.137. The van der Waals surface area contributed by atoms with Crippen molar-refractivity contribution < 1.29 is 26.4 Å². The van der Waals surface area contributed by atoms with Crippen molar-refractivity contribution in [3.8, 4) is 0 Å². The summed E-state index contributed by atoms with van der Waals surface area (Å²) in [4.78, 5) is 24.2. The summed E-state index contributed by atoms with van der Waals surface area (Å²) in [6.07, 6.45) is 0.145. The summed E-state index contributed by atoms with van der Waals surface area (Å²) in [6, 6.07) is 9.70. The molecule has 1 amide bonds. The second-order valence-corrected chi connectivity index (χ2v) is 10.5. The molecule has 1 aliphatic carbocycles. The van der Waals surface area contributed by atoms with Crippen LogP contribution in [0.25, 0.3) is 0 Å². The van der Waals surface area contributed by atoms with Gasteiger partial charge in [-0.3, -0.25) is 9.10 Å². The van der Waals surface area contributed by atoms with Gasteiger partial charge in [-0.05, 0) is 37.1 Å². The molecule has 0 spiro atoms. The number of carbonyl (C=O) groups is 1. The second kappa shape index (κ2) is 10.2. The van der Waals surface area contributed by atoms with Crippen LogP contribution in [0.5, 0.6) is 0 Å². The van der Waals surface area contributed by atoms with Gasteiger partial charge < -0.3 is 16.0 Å². The van der Waals surface area contributed by atoms with Crippen molar-refractivity contribution in [1.82, 2.24) is 20.3 Å². The summed E-state index contributed by atoms with van der Waals surface area (Å²) >= 11 is 0. The van der Waals surface area contributed by atoms with Gasteiger partial charge >= 0.3 is 6.18 Å². The summed E-state index contributed by atoms with van der Waals surface area (Å²) in [5.74, 6) is -0.813. The number of sulfonamides is 1. The minimum atomic E-state index is -4.75. The van der Waals surface area contributed by atoms with Crippen molar-refractivity contribution in [2.75, 3.05) is 28.2 Å². The standard InChI is InChI=1S/C23H24F3N7O3S/c1-33(37(2,35)36)20-15(6-4-10-27-20)12-28-19-18(23(24,25)26)13-29-22(32-19)31-17-7-3-5-14(11-17)21(34)30-16-8-9-16/h3-7,10-11,13,16H,8-9,12H2,1-2H3,(H,30,34)(H2,28,29,31,32). The maximum Gasteiger partial charge on any atom is 0.421 e. The van der Waals surface area contributed by atoms with E-state index >= 15 is 0 Å². The molecule has 0 aliphatic heterocycles. The molecule has 0 bridgehead atoms. The molecule has 0 atom stereocenters. The molecule has 4 rings (SSSR count). The van der Waals surface area contributed by atoms with Crippen LogP contribution in [-0.2, 0) is 22.7 Å². The third kappa shape index (κ3) is 6.64. The predicted octanol–water partition coefficient (Wildman–Crippen LogP) is 3.53. The first kappa shape index (κ1) is 26.1. The van der Waals surface area contributed by atoms with E-state index in [2.05, 4.69) is 30.9 Å². The molecule has 1 saturated carbocycles. The molecular formula is C23H24F3N7O3S. The summed E-state index contributed by atoms with van der Waals surface area (Å²) in [5.41, 5.74) is 0.0447. The van der Waals surface area contributed by atoms with Crippen LogP contribution in [0.15, 0.2) is 48.8 Å². The Kier molecular flexibility index (Phi) is 7.21. The Morgan fingerprint density at radius 3 is 2.59 bits per heavy atom. The van der Waals surface area contributed by atoms with E-state index in [0.29, 0.717) is 23.0 Å². The average Bonchev–Trinajstić information content (AvgIpc) is 3.65. The van der Waals surface area contributed by atoms with E-state index in [-0.39, 0.29) is 30.3 Å². The van der Waals surface area contributed by atoms with Gasteiger partial charge in [0.25, 0.3) is 5.91 Å². The van der Waals surface area contributed by atoms with Crippen LogP contribution in [0.3, 0.4) is 0 Å². The number of rotatable bonds is 9. The summed E-state index contributed by atoms with van der Waals surface area (Å²) < 4.78 is 65.8. The minimum Gasteiger partial charge on any atom is -0.365 e. The topological polar surface area (TPSA) is 129 Å². The smallest absolute Gasteiger partial charge is 0.365 e. The van der Waals surface area contributed by atoms with Crippen molar-refractivity contribution in [2.24, 2.45) is 0 Å². The molecule has 37 heavy (non-hydrogen) atoms. The molecule has 2 aromatic heterocycles. The number of benzene rings is 1. The zero-order chi connectivity index (χ0) is 26.8. The molecule has 14 heteroatoms. The first-order chi connectivity index (χ1) is 17.4. The van der Waals surface area contributed by atoms with Crippen LogP contribution >= 0.6 is 0 Å². The van der Waals surface area contributed by atoms with E-state index in [1.165, 1.54) is 13.2 Å². The number of anilines is 4. The lowest BCUT2D eigenvalue weighted by atomic mass is 10.2. The lowest BCUT2D eigenvalue weighted by Gasteiger charge is -2.20. The SMILES string of the molecule is CN(c1ncccc1CNc1nc(Nc2cccc(C(=O)NC3CC3)c2)ncc1C(F)(F)F)S(C)(=O)=O. The highest BCUT2D eigenvalue weighted by Gasteiger charge is 2.35. The molecule has 3 aromatic rings. The van der Waals surface area contributed by atoms with Crippen molar-refractivity contribution in [3.63, 3.8) is 0 Å². The van der Waals surface area contributed by atoms with Crippen molar-refractivity contribution in [2.45, 2.75) is 31.6 Å². The Labute approximate surface area is 211 Å². The van der Waals surface area contributed by atoms with Gasteiger partial charge in [-0.15, -0.1) is 0 Å². The van der Waals surface area contributed by atoms with Gasteiger partial charge in [0.05, 0.1) is 6.26 Å². The highest BCUT2D eigenvalue weighted by Crippen LogP contribution is 2.34. The van der Waals surface area contributed by atoms with Crippen LogP contribution in [0.1, 0.15) is 34.3 Å². The normalized spacial score (nSPS) is 13.6. The first-order valence-corrected chi connectivity index (χ1v) is 13.0. The maximum atomic E-state index is 13.7. The molecule has 0 unspecified atom stereocenters. The number of carbonyl (C=O) groups excluding carboxylic acids is 1. The molecule has 0 radical (unpaired) electrons. The molecule has 1 fully saturated rings. The van der Waals surface area contributed by atoms with Crippen LogP contribution in [-0.4, -0.2) is 48.6 Å². The number of pyridine rings is 1. The number of nitrogens with one attached hydrogen (secondary N) is 3. The Morgan fingerprint density at radius 1 is 1.16 bits per heavy atom. The van der Waals surface area contributed by atoms with Gasteiger partial charge in [0, 0.05) is 48.8 Å². The van der Waals surface area contributed by atoms with E-state index < -0.39 is 27.6 Å². The lowest BCUT2D eigenvalue weighted by Crippen LogP contribution is -2.27. The van der Waals surface area contributed by atoms with Crippen LogP contribution < -0.4 is 20.3 Å². The second-order valence-electron chi connectivity index (χ2n) is 8.48. The monoisotopic (exact) mass is 535 g/mol. The highest BCUT2D eigenvalue weighted by atomic mass is 32.2. The Balaban J connectivity index is 1.58. The summed E-state index contributed by atoms with van der Waals surface area (Å²) in [7, 11) is -2.35. The fourth-order valence-corrected chi connectivity index (χ4v) is 3.81. The number of alkyl halides is 3. The molecule has 1 aromatic carbocycles. The fraction of sp³-hybridized carbons (Fsp3) is 0.304. The maximum absolute atomic E-state index is 13.7. The number of halogens is 3. The van der Waals surface area contributed by atoms with Crippen LogP contribution in [0, 0.1) is 0 Å². The minimum absolute atomic E-state index is 0.0692. The van der Waals surface area contributed by atoms with Gasteiger partial charge in [-0.1, -0.05) is 12.1 Å². The van der Waals surface area contributed by atoms with Gasteiger partial charge in [0.1, 0.15) is 17.2 Å². The van der Waals surface area contributed by atoms with Crippen LogP contribution in [0.2, 0.25) is 0 Å². The first-order valence-electron chi connectivity index (χ1n) is 11.2. The number of nitrogens with zero attached hydrogens (tertiary/aromatic N) is 4. The number of aromatic nitrogens is 3. The third-order valence-corrected chi connectivity index (χ3v) is 6.67. The Hall–Kier alpha value is -3.94. The van der Waals surface area contributed by atoms with E-state index in [9.17, 15) is 26.4 Å². The largest absolute Gasteiger partial charge is 0.421 e. The summed E-state index contributed by atoms with van der Waals surface area (Å²) in [5, 5.41) is 8.33. The predicted molar refractivity (Wildman–Crippen MR) is 132 cm³/mol. The van der Waals surface area contributed by atoms with Gasteiger partial charge in [0.15, 0.2) is 0 Å². The molecule has 1 aliphatic rings. The number of hydrogen-bond donors (Lipinski definition) is 3. The Morgan fingerprint density at radius 2 is 1.92 bits per heavy atom.